The van der Waals surface area contributed by atoms with Gasteiger partial charge in [0.15, 0.2) is 0 Å². The molecule has 0 aromatic carbocycles. The number of hydrogen-bond donors (Lipinski definition) is 2. The molecule has 1 aliphatic rings. The number of amides is 1. The number of aryl methyl sites for hydroxylation is 1. The molecule has 1 saturated carbocycles. The molecule has 1 aromatic rings. The minimum absolute atomic E-state index is 0.103. The third kappa shape index (κ3) is 2.36. The van der Waals surface area contributed by atoms with E-state index in [0.717, 1.165) is 25.0 Å². The fourth-order valence-electron chi connectivity index (χ4n) is 1.73. The van der Waals surface area contributed by atoms with Crippen LogP contribution in [-0.4, -0.2) is 16.6 Å². The molecule has 1 fully saturated rings. The molecule has 1 amide bonds. The van der Waals surface area contributed by atoms with Crippen LogP contribution in [0.3, 0.4) is 0 Å². The normalized spacial score (nSPS) is 18.3. The Morgan fingerprint density at radius 1 is 1.73 bits per heavy atom. The number of nitrogens with zero attached hydrogens (tertiary/aromatic N) is 1. The number of nitrogens with one attached hydrogen (secondary N) is 1. The van der Waals surface area contributed by atoms with E-state index in [9.17, 15) is 4.79 Å². The number of carbonyl (C=O) groups is 1. The summed E-state index contributed by atoms with van der Waals surface area (Å²) in [5.74, 6) is 0.286. The van der Waals surface area contributed by atoms with Gasteiger partial charge in [-0.05, 0) is 26.2 Å². The van der Waals surface area contributed by atoms with Crippen molar-refractivity contribution < 1.29 is 9.32 Å². The van der Waals surface area contributed by atoms with Crippen LogP contribution in [0, 0.1) is 6.92 Å². The summed E-state index contributed by atoms with van der Waals surface area (Å²) in [7, 11) is 0. The summed E-state index contributed by atoms with van der Waals surface area (Å²) in [6.07, 6.45) is 3.32. The zero-order valence-corrected chi connectivity index (χ0v) is 8.75. The number of carbonyl (C=O) groups excluding carboxylic acids is 1. The number of rotatable bonds is 3. The standard InChI is InChI=1S/C10H15N3O2/c1-7-5-9(15-13-7)12-8(14)6-10(11)3-2-4-10/h5H,2-4,6,11H2,1H3,(H,12,14). The summed E-state index contributed by atoms with van der Waals surface area (Å²) in [4.78, 5) is 11.6. The first-order chi connectivity index (χ1) is 7.07. The second-order valence-electron chi connectivity index (χ2n) is 4.27. The molecule has 0 spiro atoms. The predicted molar refractivity (Wildman–Crippen MR) is 55.3 cm³/mol. The van der Waals surface area contributed by atoms with Crippen molar-refractivity contribution in [2.75, 3.05) is 5.32 Å². The molecule has 0 radical (unpaired) electrons. The summed E-state index contributed by atoms with van der Waals surface area (Å²) >= 11 is 0. The Morgan fingerprint density at radius 3 is 2.93 bits per heavy atom. The fourth-order valence-corrected chi connectivity index (χ4v) is 1.73. The van der Waals surface area contributed by atoms with Crippen molar-refractivity contribution >= 4 is 11.8 Å². The number of anilines is 1. The largest absolute Gasteiger partial charge is 0.338 e. The molecular formula is C10H15N3O2. The van der Waals surface area contributed by atoms with E-state index in [1.807, 2.05) is 0 Å². The van der Waals surface area contributed by atoms with Crippen molar-refractivity contribution in [3.05, 3.63) is 11.8 Å². The lowest BCUT2D eigenvalue weighted by atomic mass is 9.75. The summed E-state index contributed by atoms with van der Waals surface area (Å²) in [5, 5.41) is 6.32. The smallest absolute Gasteiger partial charge is 0.231 e. The van der Waals surface area contributed by atoms with Gasteiger partial charge in [0.25, 0.3) is 0 Å². The highest BCUT2D eigenvalue weighted by atomic mass is 16.5. The maximum atomic E-state index is 11.6. The SMILES string of the molecule is Cc1cc(NC(=O)CC2(N)CCC2)on1. The van der Waals surface area contributed by atoms with Crippen molar-refractivity contribution in [1.29, 1.82) is 0 Å². The summed E-state index contributed by atoms with van der Waals surface area (Å²) in [6.45, 7) is 1.80. The molecule has 1 aliphatic carbocycles. The number of aromatic nitrogens is 1. The van der Waals surface area contributed by atoms with E-state index in [2.05, 4.69) is 10.5 Å². The average Bonchev–Trinajstić information content (AvgIpc) is 2.48. The van der Waals surface area contributed by atoms with E-state index >= 15 is 0 Å². The molecule has 0 atom stereocenters. The molecule has 5 nitrogen and oxygen atoms in total. The van der Waals surface area contributed by atoms with Crippen LogP contribution in [0.25, 0.3) is 0 Å². The van der Waals surface area contributed by atoms with Crippen molar-refractivity contribution in [1.82, 2.24) is 5.16 Å². The van der Waals surface area contributed by atoms with E-state index in [0.29, 0.717) is 12.3 Å². The lowest BCUT2D eigenvalue weighted by molar-refractivity contribution is -0.118. The van der Waals surface area contributed by atoms with Gasteiger partial charge in [0.2, 0.25) is 11.8 Å². The second kappa shape index (κ2) is 3.66. The highest BCUT2D eigenvalue weighted by Crippen LogP contribution is 2.32. The average molecular weight is 209 g/mol. The van der Waals surface area contributed by atoms with E-state index in [1.54, 1.807) is 13.0 Å². The fraction of sp³-hybridized carbons (Fsp3) is 0.600. The Hall–Kier alpha value is -1.36. The van der Waals surface area contributed by atoms with Gasteiger partial charge in [-0.2, -0.15) is 0 Å². The Balaban J connectivity index is 1.87. The Bertz CT molecular complexity index is 368. The highest BCUT2D eigenvalue weighted by molar-refractivity contribution is 5.90. The quantitative estimate of drug-likeness (QED) is 0.783. The molecule has 15 heavy (non-hydrogen) atoms. The lowest BCUT2D eigenvalue weighted by Gasteiger charge is -2.37. The van der Waals surface area contributed by atoms with Gasteiger partial charge >= 0.3 is 0 Å². The molecule has 0 bridgehead atoms. The van der Waals surface area contributed by atoms with E-state index < -0.39 is 0 Å². The van der Waals surface area contributed by atoms with Crippen LogP contribution in [0.1, 0.15) is 31.4 Å². The second-order valence-corrected chi connectivity index (χ2v) is 4.27. The molecule has 5 heteroatoms. The molecule has 1 heterocycles. The third-order valence-electron chi connectivity index (χ3n) is 2.75. The van der Waals surface area contributed by atoms with Gasteiger partial charge in [0, 0.05) is 18.0 Å². The third-order valence-corrected chi connectivity index (χ3v) is 2.75. The van der Waals surface area contributed by atoms with Gasteiger partial charge in [-0.25, -0.2) is 0 Å². The highest BCUT2D eigenvalue weighted by Gasteiger charge is 2.34. The van der Waals surface area contributed by atoms with Crippen molar-refractivity contribution in [3.8, 4) is 0 Å². The topological polar surface area (TPSA) is 81.2 Å². The van der Waals surface area contributed by atoms with Crippen LogP contribution in [0.5, 0.6) is 0 Å². The van der Waals surface area contributed by atoms with Gasteiger partial charge in [-0.3, -0.25) is 10.1 Å². The first-order valence-corrected chi connectivity index (χ1v) is 5.09. The molecule has 1 aromatic heterocycles. The molecule has 0 unspecified atom stereocenters. The van der Waals surface area contributed by atoms with Crippen molar-refractivity contribution in [2.24, 2.45) is 5.73 Å². The van der Waals surface area contributed by atoms with Crippen molar-refractivity contribution in [2.45, 2.75) is 38.1 Å². The molecule has 0 aliphatic heterocycles. The van der Waals surface area contributed by atoms with E-state index in [4.69, 9.17) is 10.3 Å². The first kappa shape index (κ1) is 10.2. The summed E-state index contributed by atoms with van der Waals surface area (Å²) in [6, 6.07) is 1.68. The monoisotopic (exact) mass is 209 g/mol. The van der Waals surface area contributed by atoms with Gasteiger partial charge in [0.1, 0.15) is 0 Å². The molecule has 0 saturated heterocycles. The van der Waals surface area contributed by atoms with Crippen LogP contribution in [-0.2, 0) is 4.79 Å². The maximum absolute atomic E-state index is 11.6. The van der Waals surface area contributed by atoms with Gasteiger partial charge < -0.3 is 10.3 Å². The van der Waals surface area contributed by atoms with Crippen LogP contribution in [0.15, 0.2) is 10.6 Å². The molecule has 2 rings (SSSR count). The Morgan fingerprint density at radius 2 is 2.47 bits per heavy atom. The Kier molecular flexibility index (Phi) is 2.48. The van der Waals surface area contributed by atoms with Crippen LogP contribution >= 0.6 is 0 Å². The number of nitrogens with two attached hydrogens (primary N) is 1. The zero-order valence-electron chi connectivity index (χ0n) is 8.75. The summed E-state index contributed by atoms with van der Waals surface area (Å²) in [5.41, 5.74) is 6.41. The van der Waals surface area contributed by atoms with Crippen molar-refractivity contribution in [3.63, 3.8) is 0 Å². The summed E-state index contributed by atoms with van der Waals surface area (Å²) < 4.78 is 4.88. The van der Waals surface area contributed by atoms with Gasteiger partial charge in [0.05, 0.1) is 5.69 Å². The van der Waals surface area contributed by atoms with Gasteiger partial charge in [-0.1, -0.05) is 5.16 Å². The molecule has 3 N–H and O–H groups in total. The van der Waals surface area contributed by atoms with Crippen LogP contribution < -0.4 is 11.1 Å². The first-order valence-electron chi connectivity index (χ1n) is 5.09. The van der Waals surface area contributed by atoms with E-state index in [-0.39, 0.29) is 11.4 Å². The minimum atomic E-state index is -0.293. The van der Waals surface area contributed by atoms with Crippen LogP contribution in [0.4, 0.5) is 5.88 Å². The predicted octanol–water partition coefficient (Wildman–Crippen LogP) is 1.19. The Labute approximate surface area is 88.0 Å². The number of hydrogen-bond acceptors (Lipinski definition) is 4. The zero-order chi connectivity index (χ0) is 10.9. The van der Waals surface area contributed by atoms with E-state index in [1.165, 1.54) is 0 Å². The minimum Gasteiger partial charge on any atom is -0.338 e. The van der Waals surface area contributed by atoms with Crippen LogP contribution in [0.2, 0.25) is 0 Å². The maximum Gasteiger partial charge on any atom is 0.231 e. The molecular weight excluding hydrogens is 194 g/mol. The molecule has 82 valence electrons. The lowest BCUT2D eigenvalue weighted by Crippen LogP contribution is -2.48. The van der Waals surface area contributed by atoms with Gasteiger partial charge in [-0.15, -0.1) is 0 Å².